The van der Waals surface area contributed by atoms with Crippen LogP contribution in [0, 0.1) is 59.3 Å². The van der Waals surface area contributed by atoms with E-state index in [1.165, 1.54) is 74.9 Å². The van der Waals surface area contributed by atoms with Gasteiger partial charge in [-0.15, -0.1) is 0 Å². The summed E-state index contributed by atoms with van der Waals surface area (Å²) in [7, 11) is -6.23. The maximum absolute atomic E-state index is 14.0. The molecule has 0 atom stereocenters. The zero-order valence-electron chi connectivity index (χ0n) is 64.2. The molecule has 2 aromatic heterocycles. The molecule has 0 bridgehead atoms. The van der Waals surface area contributed by atoms with Gasteiger partial charge in [0.15, 0.2) is 0 Å². The second-order valence-corrected chi connectivity index (χ2v) is 35.5. The van der Waals surface area contributed by atoms with Crippen LogP contribution in [0.5, 0.6) is 11.5 Å². The normalized spacial score (nSPS) is 17.3. The molecule has 4 fully saturated rings. The van der Waals surface area contributed by atoms with E-state index in [2.05, 4.69) is 84.8 Å². The number of carbonyl (C=O) groups excluding carboxylic acids is 1. The molecule has 10 N–H and O–H groups in total. The van der Waals surface area contributed by atoms with Crippen molar-refractivity contribution >= 4 is 98.3 Å². The van der Waals surface area contributed by atoms with Crippen LogP contribution in [-0.4, -0.2) is 188 Å². The van der Waals surface area contributed by atoms with Crippen LogP contribution in [0.25, 0.3) is 16.6 Å². The summed E-state index contributed by atoms with van der Waals surface area (Å²) in [6.45, 7) is 16.1. The number of likely N-dealkylation sites (tertiary alicyclic amines) is 3. The first-order valence-corrected chi connectivity index (χ1v) is 42.4. The van der Waals surface area contributed by atoms with Crippen molar-refractivity contribution in [1.29, 1.82) is 0 Å². The largest absolute Gasteiger partial charge is 0.455 e. The number of ether oxygens (including phenoxy) is 1. The van der Waals surface area contributed by atoms with Crippen LogP contribution in [0.2, 0.25) is 5.02 Å². The molecule has 5 aliphatic rings. The Labute approximate surface area is 665 Å². The van der Waals surface area contributed by atoms with E-state index in [9.17, 15) is 78.0 Å². The Bertz CT molecular complexity index is 4960. The van der Waals surface area contributed by atoms with Gasteiger partial charge >= 0.3 is 11.9 Å². The van der Waals surface area contributed by atoms with E-state index >= 15 is 0 Å². The Balaban J connectivity index is 0.000000253. The molecule has 6 heterocycles. The molecule has 7 aromatic rings. The number of halogens is 5. The lowest BCUT2D eigenvalue weighted by molar-refractivity contribution is -0.387. The number of piperidine rings is 3. The number of sulfonamides is 3. The molecule has 30 nitrogen and oxygen atoms in total. The number of primary sulfonamides is 2. The van der Waals surface area contributed by atoms with Gasteiger partial charge in [-0.3, -0.25) is 40.0 Å². The number of rotatable bonds is 24. The highest BCUT2D eigenvalue weighted by molar-refractivity contribution is 7.90. The van der Waals surface area contributed by atoms with Gasteiger partial charge in [0.25, 0.3) is 27.3 Å². The van der Waals surface area contributed by atoms with Crippen LogP contribution in [0.3, 0.4) is 0 Å². The van der Waals surface area contributed by atoms with E-state index in [4.69, 9.17) is 32.3 Å². The van der Waals surface area contributed by atoms with Gasteiger partial charge in [-0.05, 0) is 251 Å². The van der Waals surface area contributed by atoms with Crippen molar-refractivity contribution in [2.24, 2.45) is 39.2 Å². The topological polar surface area (TPSA) is 417 Å². The van der Waals surface area contributed by atoms with E-state index in [0.29, 0.717) is 98.9 Å². The van der Waals surface area contributed by atoms with Gasteiger partial charge in [0.2, 0.25) is 25.9 Å². The lowest BCUT2D eigenvalue weighted by Crippen LogP contribution is -2.47. The molecule has 1 amide bonds. The fourth-order valence-corrected chi connectivity index (χ4v) is 16.7. The Kier molecular flexibility index (Phi) is 30.5. The Hall–Kier alpha value is -9.02. The van der Waals surface area contributed by atoms with Crippen LogP contribution < -0.4 is 41.0 Å². The molecular formula is C76H99ClF4N16O14S3. The number of carbonyl (C=O) groups is 1. The summed E-state index contributed by atoms with van der Waals surface area (Å²) in [6.07, 6.45) is 11.2. The Morgan fingerprint density at radius 1 is 0.658 bits per heavy atom. The number of piperazine rings is 1. The molecule has 114 heavy (non-hydrogen) atoms. The molecule has 4 aliphatic heterocycles. The van der Waals surface area contributed by atoms with Crippen molar-refractivity contribution in [2.45, 2.75) is 112 Å². The first-order chi connectivity index (χ1) is 53.7. The number of pyridine rings is 1. The number of aromatic amines is 1. The van der Waals surface area contributed by atoms with E-state index in [1.54, 1.807) is 24.4 Å². The number of nitro benzene ring substituents is 3. The van der Waals surface area contributed by atoms with E-state index < -0.39 is 89.5 Å². The number of nitro groups is 3. The third-order valence-corrected chi connectivity index (χ3v) is 24.7. The molecule has 12 rings (SSSR count). The number of H-pyrrole nitrogens is 1. The van der Waals surface area contributed by atoms with Crippen molar-refractivity contribution in [2.75, 3.05) is 128 Å². The summed E-state index contributed by atoms with van der Waals surface area (Å²) in [5.41, 5.74) is 7.55. The number of hydrogen-bond donors (Lipinski definition) is 7. The smallest absolute Gasteiger partial charge is 0.416 e. The molecule has 5 aromatic carbocycles. The Morgan fingerprint density at radius 3 is 1.68 bits per heavy atom. The van der Waals surface area contributed by atoms with E-state index in [-0.39, 0.29) is 38.0 Å². The quantitative estimate of drug-likeness (QED) is 0.0168. The second kappa shape index (κ2) is 39.1. The van der Waals surface area contributed by atoms with Gasteiger partial charge in [0.1, 0.15) is 28.5 Å². The maximum Gasteiger partial charge on any atom is 0.416 e. The van der Waals surface area contributed by atoms with Crippen LogP contribution in [0.1, 0.15) is 112 Å². The first-order valence-electron chi connectivity index (χ1n) is 37.4. The molecule has 620 valence electrons. The lowest BCUT2D eigenvalue weighted by Gasteiger charge is -2.39. The number of benzene rings is 5. The van der Waals surface area contributed by atoms with Crippen molar-refractivity contribution in [3.8, 4) is 11.5 Å². The molecule has 38 heteroatoms. The predicted molar refractivity (Wildman–Crippen MR) is 429 cm³/mol. The standard InChI is InChI=1S/C48H54ClF3N8O6S.C14H22N4O4S.C8H18N2.C6H5FN2O4S/c1-47(2)15-10-33(40(28-47)38-7-4-34(25-41(38)49)48(50,51)52)30-58-20-22-59(23-21-58)35-5-8-39(44(26-35)66-36-24-32-12-17-54-45(32)55-29-36)46(61)56-67(64,65)37-6-9-42(43(27-37)60(62)63)53-16-11-31-13-18-57(3)19-14-31;1-17-8-5-11(6-9-17)4-7-16-13-3-2-12(23(15,21)22)10-14(13)18(19)20;1-10-6-3-8(2-5-9)4-7-10;7-5-2-1-4(14(8,12)13)3-6(5)9(10)11/h4-9,12,17,24-27,29,31,53H,10-11,13-16,18-23,28,30H2,1-3H3,(H,54,55)(H,56,61);2-3,10-11,16H,4-9H2,1H3,(H2,15,21,22);8H,2-7,9H2,1H3;1-3H,(H2,8,12,13). The molecule has 4 saturated heterocycles. The summed E-state index contributed by atoms with van der Waals surface area (Å²) in [6, 6.07) is 21.3. The highest BCUT2D eigenvalue weighted by Gasteiger charge is 2.35. The van der Waals surface area contributed by atoms with Crippen molar-refractivity contribution < 1.29 is 67.1 Å². The summed E-state index contributed by atoms with van der Waals surface area (Å²) in [5, 5.41) is 50.2. The number of fused-ring (bicyclic) bond motifs is 1. The van der Waals surface area contributed by atoms with E-state index in [0.717, 1.165) is 143 Å². The van der Waals surface area contributed by atoms with Crippen molar-refractivity contribution in [3.05, 3.63) is 179 Å². The number of nitrogens with two attached hydrogens (primary N) is 3. The lowest BCUT2D eigenvalue weighted by atomic mass is 9.72. The number of alkyl halides is 3. The average molecular weight is 1670 g/mol. The van der Waals surface area contributed by atoms with Gasteiger partial charge < -0.3 is 45.7 Å². The zero-order valence-corrected chi connectivity index (χ0v) is 67.4. The monoisotopic (exact) mass is 1670 g/mol. The van der Waals surface area contributed by atoms with Crippen LogP contribution in [-0.2, 0) is 36.2 Å². The van der Waals surface area contributed by atoms with Gasteiger partial charge in [0, 0.05) is 92.4 Å². The molecule has 0 spiro atoms. The summed E-state index contributed by atoms with van der Waals surface area (Å²) in [5.74, 6) is 0.271. The van der Waals surface area contributed by atoms with Gasteiger partial charge in [-0.25, -0.2) is 45.2 Å². The molecule has 0 unspecified atom stereocenters. The Morgan fingerprint density at radius 2 is 1.17 bits per heavy atom. The minimum absolute atomic E-state index is 0.0460. The number of nitrogens with one attached hydrogen (secondary N) is 4. The van der Waals surface area contributed by atoms with Gasteiger partial charge in [-0.1, -0.05) is 37.1 Å². The average Bonchev–Trinajstić information content (AvgIpc) is 0.802. The predicted octanol–water partition coefficient (Wildman–Crippen LogP) is 12.4. The first kappa shape index (κ1) is 88.9. The number of nitrogens with zero attached hydrogens (tertiary/aromatic N) is 9. The second-order valence-electron chi connectivity index (χ2n) is 30.3. The maximum atomic E-state index is 14.0. The summed E-state index contributed by atoms with van der Waals surface area (Å²) >= 11 is 6.54. The highest BCUT2D eigenvalue weighted by atomic mass is 35.5. The fourth-order valence-electron chi connectivity index (χ4n) is 14.4. The van der Waals surface area contributed by atoms with Crippen LogP contribution >= 0.6 is 11.6 Å². The molecule has 0 radical (unpaired) electrons. The number of anilines is 3. The fraction of sp³-hybridized carbons (Fsp3) is 0.474. The summed E-state index contributed by atoms with van der Waals surface area (Å²) in [4.78, 5) is 62.8. The number of allylic oxidation sites excluding steroid dienone is 1. The van der Waals surface area contributed by atoms with Gasteiger partial charge in [0.05, 0.1) is 46.8 Å². The van der Waals surface area contributed by atoms with Crippen molar-refractivity contribution in [3.63, 3.8) is 0 Å². The minimum Gasteiger partial charge on any atom is -0.455 e. The van der Waals surface area contributed by atoms with E-state index in [1.807, 2.05) is 6.07 Å². The number of hydrogen-bond acceptors (Lipinski definition) is 23. The number of amides is 1. The SMILES string of the molecule is CN1CCC(CCN)CC1.CN1CCC(CCNc2ccc(S(=O)(=O)NC(=O)c3ccc(N4CCN(CC5=C(c6ccc(C(F)(F)F)cc6Cl)CC(C)(C)CC5)CC4)cc3Oc3cnc4[nH]ccc4c3)cc2[N+](=O)[O-])CC1.CN1CCC(CCNc2ccc(S(N)(=O)=O)cc2[N+](=O)[O-])CC1.NS(=O)(=O)c1ccc(F)c([N+](=O)[O-])c1. The third-order valence-electron chi connectivity index (χ3n) is 21.2. The van der Waals surface area contributed by atoms with Crippen LogP contribution in [0.15, 0.2) is 136 Å². The molecule has 0 saturated carbocycles. The third kappa shape index (κ3) is 25.2. The molecule has 1 aliphatic carbocycles. The van der Waals surface area contributed by atoms with Crippen molar-refractivity contribution in [1.82, 2.24) is 34.3 Å². The van der Waals surface area contributed by atoms with Gasteiger partial charge in [-0.2, -0.15) is 17.6 Å². The molecular weight excluding hydrogens is 1570 g/mol. The zero-order chi connectivity index (χ0) is 83.0. The highest BCUT2D eigenvalue weighted by Crippen LogP contribution is 2.46. The van der Waals surface area contributed by atoms with Crippen LogP contribution in [0.4, 0.5) is 51.7 Å². The minimum atomic E-state index is -4.60. The summed E-state index contributed by atoms with van der Waals surface area (Å²) < 4.78 is 133. The number of aromatic nitrogens is 2.